The lowest BCUT2D eigenvalue weighted by molar-refractivity contribution is 1.07. The van der Waals surface area contributed by atoms with E-state index in [4.69, 9.17) is 0 Å². The van der Waals surface area contributed by atoms with E-state index in [1.54, 1.807) is 0 Å². The predicted molar refractivity (Wildman–Crippen MR) is 58.9 cm³/mol. The highest BCUT2D eigenvalue weighted by Crippen LogP contribution is 2.12. The van der Waals surface area contributed by atoms with Crippen molar-refractivity contribution >= 4 is 0 Å². The van der Waals surface area contributed by atoms with Gasteiger partial charge in [-0.1, -0.05) is 42.8 Å². The maximum atomic E-state index is 2.30. The molecule has 0 saturated heterocycles. The van der Waals surface area contributed by atoms with E-state index < -0.39 is 0 Å². The van der Waals surface area contributed by atoms with Gasteiger partial charge in [0.15, 0.2) is 0 Å². The predicted octanol–water partition coefficient (Wildman–Crippen LogP) is 3.89. The molecule has 70 valence electrons. The van der Waals surface area contributed by atoms with Gasteiger partial charge in [0.25, 0.3) is 0 Å². The van der Waals surface area contributed by atoms with Crippen molar-refractivity contribution in [2.24, 2.45) is 0 Å². The second-order valence-corrected chi connectivity index (χ2v) is 3.56. The molecule has 0 spiro atoms. The standard InChI is InChI=1S/C13H18/c1-4-7-11(2)10-13-9-6-5-8-12(13)3/h5-9H,4,10H2,1-3H3/b11-7-. The van der Waals surface area contributed by atoms with Crippen LogP contribution in [-0.4, -0.2) is 0 Å². The summed E-state index contributed by atoms with van der Waals surface area (Å²) in [5.41, 5.74) is 4.31. The number of allylic oxidation sites excluding steroid dienone is 2. The zero-order valence-electron chi connectivity index (χ0n) is 8.80. The molecule has 0 unspecified atom stereocenters. The molecule has 13 heavy (non-hydrogen) atoms. The van der Waals surface area contributed by atoms with Gasteiger partial charge in [0, 0.05) is 0 Å². The minimum absolute atomic E-state index is 1.10. The molecular weight excluding hydrogens is 156 g/mol. The second-order valence-electron chi connectivity index (χ2n) is 3.56. The fourth-order valence-electron chi connectivity index (χ4n) is 1.53. The zero-order chi connectivity index (χ0) is 9.68. The zero-order valence-corrected chi connectivity index (χ0v) is 8.80. The lowest BCUT2D eigenvalue weighted by Gasteiger charge is -2.05. The van der Waals surface area contributed by atoms with Crippen LogP contribution in [0.1, 0.15) is 31.4 Å². The first-order chi connectivity index (χ1) is 6.24. The first kappa shape index (κ1) is 10.0. The number of aryl methyl sites for hydroxylation is 1. The monoisotopic (exact) mass is 174 g/mol. The van der Waals surface area contributed by atoms with Crippen LogP contribution in [0.3, 0.4) is 0 Å². The van der Waals surface area contributed by atoms with Gasteiger partial charge in [-0.15, -0.1) is 0 Å². The van der Waals surface area contributed by atoms with Gasteiger partial charge in [0.05, 0.1) is 0 Å². The Morgan fingerprint density at radius 3 is 2.62 bits per heavy atom. The molecule has 0 aliphatic rings. The Morgan fingerprint density at radius 2 is 2.00 bits per heavy atom. The summed E-state index contributed by atoms with van der Waals surface area (Å²) in [6, 6.07) is 8.59. The molecule has 0 radical (unpaired) electrons. The highest BCUT2D eigenvalue weighted by atomic mass is 14.0. The van der Waals surface area contributed by atoms with Crippen LogP contribution >= 0.6 is 0 Å². The van der Waals surface area contributed by atoms with Crippen molar-refractivity contribution < 1.29 is 0 Å². The molecule has 1 rings (SSSR count). The van der Waals surface area contributed by atoms with Crippen LogP contribution in [0.5, 0.6) is 0 Å². The normalized spacial score (nSPS) is 11.8. The van der Waals surface area contributed by atoms with Gasteiger partial charge in [-0.05, 0) is 37.8 Å². The first-order valence-corrected chi connectivity index (χ1v) is 4.94. The van der Waals surface area contributed by atoms with Gasteiger partial charge in [0.1, 0.15) is 0 Å². The molecule has 0 bridgehead atoms. The molecule has 0 nitrogen and oxygen atoms in total. The van der Waals surface area contributed by atoms with Crippen LogP contribution in [0.2, 0.25) is 0 Å². The van der Waals surface area contributed by atoms with E-state index >= 15 is 0 Å². The molecule has 0 heterocycles. The van der Waals surface area contributed by atoms with E-state index in [1.165, 1.54) is 16.7 Å². The Morgan fingerprint density at radius 1 is 1.31 bits per heavy atom. The highest BCUT2D eigenvalue weighted by Gasteiger charge is 1.96. The average molecular weight is 174 g/mol. The average Bonchev–Trinajstić information content (AvgIpc) is 2.09. The topological polar surface area (TPSA) is 0 Å². The van der Waals surface area contributed by atoms with Crippen molar-refractivity contribution in [1.29, 1.82) is 0 Å². The maximum absolute atomic E-state index is 2.30. The van der Waals surface area contributed by atoms with Gasteiger partial charge in [-0.2, -0.15) is 0 Å². The Kier molecular flexibility index (Phi) is 3.75. The van der Waals surface area contributed by atoms with Crippen LogP contribution in [0, 0.1) is 6.92 Å². The summed E-state index contributed by atoms with van der Waals surface area (Å²) < 4.78 is 0. The summed E-state index contributed by atoms with van der Waals surface area (Å²) in [6.45, 7) is 6.56. The summed E-state index contributed by atoms with van der Waals surface area (Å²) in [6.07, 6.45) is 4.53. The first-order valence-electron chi connectivity index (χ1n) is 4.94. The molecule has 0 N–H and O–H groups in total. The van der Waals surface area contributed by atoms with Crippen molar-refractivity contribution in [3.05, 3.63) is 47.0 Å². The Balaban J connectivity index is 2.74. The lowest BCUT2D eigenvalue weighted by Crippen LogP contribution is -1.90. The van der Waals surface area contributed by atoms with Crippen molar-refractivity contribution in [3.63, 3.8) is 0 Å². The van der Waals surface area contributed by atoms with E-state index in [1.807, 2.05) is 0 Å². The summed E-state index contributed by atoms with van der Waals surface area (Å²) in [5, 5.41) is 0. The van der Waals surface area contributed by atoms with Crippen molar-refractivity contribution in [1.82, 2.24) is 0 Å². The molecule has 1 aromatic carbocycles. The third-order valence-electron chi connectivity index (χ3n) is 2.28. The van der Waals surface area contributed by atoms with Crippen LogP contribution in [0.25, 0.3) is 0 Å². The summed E-state index contributed by atoms with van der Waals surface area (Å²) in [5.74, 6) is 0. The van der Waals surface area contributed by atoms with E-state index in [9.17, 15) is 0 Å². The third kappa shape index (κ3) is 3.06. The van der Waals surface area contributed by atoms with Crippen LogP contribution in [0.4, 0.5) is 0 Å². The minimum atomic E-state index is 1.10. The van der Waals surface area contributed by atoms with Gasteiger partial charge in [-0.3, -0.25) is 0 Å². The number of rotatable bonds is 3. The van der Waals surface area contributed by atoms with Crippen LogP contribution in [-0.2, 0) is 6.42 Å². The fourth-order valence-corrected chi connectivity index (χ4v) is 1.53. The van der Waals surface area contributed by atoms with E-state index in [2.05, 4.69) is 51.1 Å². The molecule has 1 aromatic rings. The molecule has 0 heteroatoms. The lowest BCUT2D eigenvalue weighted by atomic mass is 10.0. The Hall–Kier alpha value is -1.04. The molecule has 0 atom stereocenters. The smallest absolute Gasteiger partial charge is 0.00673 e. The van der Waals surface area contributed by atoms with Crippen molar-refractivity contribution in [3.8, 4) is 0 Å². The largest absolute Gasteiger partial charge is 0.0855 e. The third-order valence-corrected chi connectivity index (χ3v) is 2.28. The molecular formula is C13H18. The van der Waals surface area contributed by atoms with Gasteiger partial charge in [-0.25, -0.2) is 0 Å². The molecule has 0 fully saturated rings. The Labute approximate surface area is 81.3 Å². The van der Waals surface area contributed by atoms with Crippen molar-refractivity contribution in [2.45, 2.75) is 33.6 Å². The number of hydrogen-bond acceptors (Lipinski definition) is 0. The molecule has 0 aromatic heterocycles. The second kappa shape index (κ2) is 4.86. The van der Waals surface area contributed by atoms with Crippen molar-refractivity contribution in [2.75, 3.05) is 0 Å². The van der Waals surface area contributed by atoms with Gasteiger partial charge < -0.3 is 0 Å². The van der Waals surface area contributed by atoms with Crippen LogP contribution < -0.4 is 0 Å². The van der Waals surface area contributed by atoms with E-state index in [0.717, 1.165) is 12.8 Å². The van der Waals surface area contributed by atoms with E-state index in [-0.39, 0.29) is 0 Å². The quantitative estimate of drug-likeness (QED) is 0.610. The summed E-state index contributed by atoms with van der Waals surface area (Å²) in [4.78, 5) is 0. The number of hydrogen-bond donors (Lipinski definition) is 0. The molecule has 0 aliphatic heterocycles. The molecule has 0 saturated carbocycles. The Bertz CT molecular complexity index is 295. The highest BCUT2D eigenvalue weighted by molar-refractivity contribution is 5.29. The maximum Gasteiger partial charge on any atom is -0.00673 e. The summed E-state index contributed by atoms with van der Waals surface area (Å²) in [7, 11) is 0. The molecule has 0 amide bonds. The SMILES string of the molecule is CC/C=C(/C)Cc1ccccc1C. The van der Waals surface area contributed by atoms with Gasteiger partial charge in [0.2, 0.25) is 0 Å². The van der Waals surface area contributed by atoms with Crippen LogP contribution in [0.15, 0.2) is 35.9 Å². The minimum Gasteiger partial charge on any atom is -0.0855 e. The van der Waals surface area contributed by atoms with Gasteiger partial charge >= 0.3 is 0 Å². The number of benzene rings is 1. The van der Waals surface area contributed by atoms with E-state index in [0.29, 0.717) is 0 Å². The fraction of sp³-hybridized carbons (Fsp3) is 0.385. The molecule has 0 aliphatic carbocycles. The summed E-state index contributed by atoms with van der Waals surface area (Å²) >= 11 is 0.